The van der Waals surface area contributed by atoms with Gasteiger partial charge in [0.25, 0.3) is 5.69 Å². The summed E-state index contributed by atoms with van der Waals surface area (Å²) in [4.78, 5) is 14.3. The van der Waals surface area contributed by atoms with Crippen molar-refractivity contribution in [1.82, 2.24) is 9.29 Å². The van der Waals surface area contributed by atoms with E-state index in [4.69, 9.17) is 0 Å². The molecule has 0 bridgehead atoms. The number of rotatable bonds is 7. The first-order chi connectivity index (χ1) is 11.3. The minimum absolute atomic E-state index is 0.119. The standard InChI is InChI=1S/C16H19N3O4S/c1-3-18(13(2)15-7-5-9-17-11-15)24(22,23)12-14-6-4-8-16(10-14)19(20)21/h4-11,13H,3,12H2,1-2H3. The Kier molecular flexibility index (Phi) is 5.63. The van der Waals surface area contributed by atoms with Gasteiger partial charge in [-0.15, -0.1) is 0 Å². The van der Waals surface area contributed by atoms with Gasteiger partial charge in [0.15, 0.2) is 0 Å². The third kappa shape index (κ3) is 4.15. The van der Waals surface area contributed by atoms with Gasteiger partial charge in [0.2, 0.25) is 10.0 Å². The van der Waals surface area contributed by atoms with E-state index in [0.717, 1.165) is 5.56 Å². The molecule has 0 N–H and O–H groups in total. The summed E-state index contributed by atoms with van der Waals surface area (Å²) in [5.41, 5.74) is 1.06. The van der Waals surface area contributed by atoms with Crippen molar-refractivity contribution in [3.8, 4) is 0 Å². The zero-order chi connectivity index (χ0) is 17.7. The van der Waals surface area contributed by atoms with E-state index in [1.54, 1.807) is 38.4 Å². The number of non-ortho nitro benzene ring substituents is 1. The maximum atomic E-state index is 12.8. The molecule has 0 radical (unpaired) electrons. The fraction of sp³-hybridized carbons (Fsp3) is 0.312. The molecule has 0 amide bonds. The lowest BCUT2D eigenvalue weighted by atomic mass is 10.1. The fourth-order valence-electron chi connectivity index (χ4n) is 2.55. The molecule has 0 fully saturated rings. The molecule has 128 valence electrons. The van der Waals surface area contributed by atoms with Crippen molar-refractivity contribution in [2.75, 3.05) is 6.54 Å². The Morgan fingerprint density at radius 1 is 1.29 bits per heavy atom. The number of nitrogens with zero attached hydrogens (tertiary/aromatic N) is 3. The molecule has 1 atom stereocenters. The summed E-state index contributed by atoms with van der Waals surface area (Å²) in [5.74, 6) is -0.285. The van der Waals surface area contributed by atoms with Crippen LogP contribution in [0.3, 0.4) is 0 Å². The summed E-state index contributed by atoms with van der Waals surface area (Å²) in [6.45, 7) is 3.86. The molecule has 0 spiro atoms. The van der Waals surface area contributed by atoms with E-state index in [1.165, 1.54) is 22.5 Å². The molecule has 1 aromatic heterocycles. The van der Waals surface area contributed by atoms with Gasteiger partial charge in [-0.25, -0.2) is 8.42 Å². The first-order valence-electron chi connectivity index (χ1n) is 7.48. The minimum Gasteiger partial charge on any atom is -0.264 e. The number of benzene rings is 1. The molecule has 1 unspecified atom stereocenters. The number of hydrogen-bond acceptors (Lipinski definition) is 5. The van der Waals surface area contributed by atoms with E-state index >= 15 is 0 Å². The first-order valence-corrected chi connectivity index (χ1v) is 9.09. The van der Waals surface area contributed by atoms with Gasteiger partial charge in [0.05, 0.1) is 10.7 Å². The first kappa shape index (κ1) is 18.0. The van der Waals surface area contributed by atoms with Crippen molar-refractivity contribution in [1.29, 1.82) is 0 Å². The van der Waals surface area contributed by atoms with Crippen LogP contribution in [0.25, 0.3) is 0 Å². The van der Waals surface area contributed by atoms with Crippen LogP contribution >= 0.6 is 0 Å². The van der Waals surface area contributed by atoms with Crippen LogP contribution in [0.15, 0.2) is 48.8 Å². The van der Waals surface area contributed by atoms with Crippen LogP contribution in [0.5, 0.6) is 0 Å². The van der Waals surface area contributed by atoms with Crippen molar-refractivity contribution in [2.24, 2.45) is 0 Å². The maximum absolute atomic E-state index is 12.8. The van der Waals surface area contributed by atoms with Crippen molar-refractivity contribution in [2.45, 2.75) is 25.6 Å². The molecule has 2 rings (SSSR count). The van der Waals surface area contributed by atoms with E-state index in [2.05, 4.69) is 4.98 Å². The maximum Gasteiger partial charge on any atom is 0.269 e. The second-order valence-corrected chi connectivity index (χ2v) is 7.27. The molecule has 2 aromatic rings. The van der Waals surface area contributed by atoms with Crippen LogP contribution in [-0.4, -0.2) is 29.2 Å². The molecular weight excluding hydrogens is 330 g/mol. The van der Waals surface area contributed by atoms with Gasteiger partial charge in [-0.2, -0.15) is 4.31 Å². The number of pyridine rings is 1. The number of sulfonamides is 1. The Bertz CT molecular complexity index is 809. The largest absolute Gasteiger partial charge is 0.269 e. The van der Waals surface area contributed by atoms with E-state index in [-0.39, 0.29) is 17.5 Å². The lowest BCUT2D eigenvalue weighted by Crippen LogP contribution is -2.34. The van der Waals surface area contributed by atoms with Crippen LogP contribution in [0.4, 0.5) is 5.69 Å². The Morgan fingerprint density at radius 3 is 2.62 bits per heavy atom. The summed E-state index contributed by atoms with van der Waals surface area (Å²) in [6, 6.07) is 8.91. The van der Waals surface area contributed by atoms with Crippen molar-refractivity contribution >= 4 is 15.7 Å². The van der Waals surface area contributed by atoms with Crippen LogP contribution in [0, 0.1) is 10.1 Å². The fourth-order valence-corrected chi connectivity index (χ4v) is 4.32. The Balaban J connectivity index is 2.27. The zero-order valence-corrected chi connectivity index (χ0v) is 14.3. The van der Waals surface area contributed by atoms with Crippen molar-refractivity contribution in [3.05, 3.63) is 70.0 Å². The van der Waals surface area contributed by atoms with Crippen molar-refractivity contribution < 1.29 is 13.3 Å². The lowest BCUT2D eigenvalue weighted by Gasteiger charge is -2.27. The van der Waals surface area contributed by atoms with E-state index in [1.807, 2.05) is 6.07 Å². The van der Waals surface area contributed by atoms with Gasteiger partial charge in [0, 0.05) is 37.1 Å². The Labute approximate surface area is 141 Å². The van der Waals surface area contributed by atoms with Crippen LogP contribution in [0.2, 0.25) is 0 Å². The second kappa shape index (κ2) is 7.50. The van der Waals surface area contributed by atoms with E-state index < -0.39 is 14.9 Å². The summed E-state index contributed by atoms with van der Waals surface area (Å²) in [6.07, 6.45) is 3.26. The summed E-state index contributed by atoms with van der Waals surface area (Å²) < 4.78 is 26.9. The van der Waals surface area contributed by atoms with Crippen LogP contribution in [-0.2, 0) is 15.8 Å². The van der Waals surface area contributed by atoms with Gasteiger partial charge >= 0.3 is 0 Å². The smallest absolute Gasteiger partial charge is 0.264 e. The molecule has 1 heterocycles. The second-order valence-electron chi connectivity index (χ2n) is 5.35. The normalized spacial score (nSPS) is 13.0. The van der Waals surface area contributed by atoms with Crippen LogP contribution < -0.4 is 0 Å². The molecule has 24 heavy (non-hydrogen) atoms. The van der Waals surface area contributed by atoms with Crippen LogP contribution in [0.1, 0.15) is 31.0 Å². The van der Waals surface area contributed by atoms with E-state index in [0.29, 0.717) is 12.1 Å². The third-order valence-electron chi connectivity index (χ3n) is 3.74. The van der Waals surface area contributed by atoms with Gasteiger partial charge in [0.1, 0.15) is 0 Å². The molecule has 0 aliphatic carbocycles. The SMILES string of the molecule is CCN(C(C)c1cccnc1)S(=O)(=O)Cc1cccc([N+](=O)[O-])c1. The van der Waals surface area contributed by atoms with Gasteiger partial charge in [-0.3, -0.25) is 15.1 Å². The highest BCUT2D eigenvalue weighted by Gasteiger charge is 2.27. The number of nitro groups is 1. The van der Waals surface area contributed by atoms with E-state index in [9.17, 15) is 18.5 Å². The predicted octanol–water partition coefficient (Wildman–Crippen LogP) is 2.90. The molecule has 0 saturated heterocycles. The van der Waals surface area contributed by atoms with Gasteiger partial charge in [-0.1, -0.05) is 25.1 Å². The van der Waals surface area contributed by atoms with Gasteiger partial charge < -0.3 is 0 Å². The Hall–Kier alpha value is -2.32. The highest BCUT2D eigenvalue weighted by Crippen LogP contribution is 2.25. The summed E-state index contributed by atoms with van der Waals surface area (Å²) >= 11 is 0. The summed E-state index contributed by atoms with van der Waals surface area (Å²) in [7, 11) is -3.63. The highest BCUT2D eigenvalue weighted by atomic mass is 32.2. The monoisotopic (exact) mass is 349 g/mol. The topological polar surface area (TPSA) is 93.4 Å². The summed E-state index contributed by atoms with van der Waals surface area (Å²) in [5, 5.41) is 10.8. The Morgan fingerprint density at radius 2 is 2.04 bits per heavy atom. The average molecular weight is 349 g/mol. The minimum atomic E-state index is -3.63. The molecule has 1 aromatic carbocycles. The zero-order valence-electron chi connectivity index (χ0n) is 13.5. The van der Waals surface area contributed by atoms with Crippen molar-refractivity contribution in [3.63, 3.8) is 0 Å². The molecule has 0 saturated carbocycles. The third-order valence-corrected chi connectivity index (χ3v) is 5.73. The number of nitro benzene ring substituents is 1. The number of aromatic nitrogens is 1. The lowest BCUT2D eigenvalue weighted by molar-refractivity contribution is -0.384. The quantitative estimate of drug-likeness (QED) is 0.566. The molecule has 0 aliphatic heterocycles. The number of hydrogen-bond donors (Lipinski definition) is 0. The average Bonchev–Trinajstić information content (AvgIpc) is 2.55. The molecule has 7 nitrogen and oxygen atoms in total. The highest BCUT2D eigenvalue weighted by molar-refractivity contribution is 7.88. The molecular formula is C16H19N3O4S. The predicted molar refractivity (Wildman–Crippen MR) is 90.8 cm³/mol. The molecule has 8 heteroatoms. The van der Waals surface area contributed by atoms with Gasteiger partial charge in [-0.05, 0) is 24.1 Å². The molecule has 0 aliphatic rings.